The van der Waals surface area contributed by atoms with E-state index >= 15 is 0 Å². The van der Waals surface area contributed by atoms with Crippen molar-refractivity contribution in [1.29, 1.82) is 0 Å². The van der Waals surface area contributed by atoms with E-state index < -0.39 is 0 Å². The molecule has 0 aliphatic heterocycles. The van der Waals surface area contributed by atoms with E-state index in [0.717, 1.165) is 33.7 Å². The van der Waals surface area contributed by atoms with Crippen LogP contribution in [0.25, 0.3) is 39.6 Å². The Kier molecular flexibility index (Phi) is 3.79. The van der Waals surface area contributed by atoms with Gasteiger partial charge in [-0.05, 0) is 49.2 Å². The zero-order chi connectivity index (χ0) is 19.1. The maximum absolute atomic E-state index is 6.02. The average molecular weight is 366 g/mol. The first-order valence-corrected chi connectivity index (χ1v) is 9.14. The summed E-state index contributed by atoms with van der Waals surface area (Å²) in [5.41, 5.74) is 6.77. The van der Waals surface area contributed by atoms with Crippen molar-refractivity contribution < 1.29 is 4.42 Å². The molecule has 5 heteroatoms. The third-order valence-corrected chi connectivity index (χ3v) is 4.91. The van der Waals surface area contributed by atoms with Crippen molar-refractivity contribution in [3.8, 4) is 28.5 Å². The molecule has 5 nitrogen and oxygen atoms in total. The third-order valence-electron chi connectivity index (χ3n) is 4.91. The summed E-state index contributed by atoms with van der Waals surface area (Å²) >= 11 is 0. The molecule has 2 heterocycles. The summed E-state index contributed by atoms with van der Waals surface area (Å²) < 4.78 is 8.04. The van der Waals surface area contributed by atoms with Gasteiger partial charge in [0.2, 0.25) is 5.89 Å². The van der Waals surface area contributed by atoms with Gasteiger partial charge in [0.05, 0.1) is 5.69 Å². The number of aryl methyl sites for hydroxylation is 2. The Bertz CT molecular complexity index is 1260. The maximum Gasteiger partial charge on any atom is 0.227 e. The number of benzene rings is 3. The Hall–Kier alpha value is -3.73. The van der Waals surface area contributed by atoms with E-state index in [4.69, 9.17) is 9.40 Å². The Labute approximate surface area is 162 Å². The largest absolute Gasteiger partial charge is 0.436 e. The normalized spacial score (nSPS) is 11.2. The zero-order valence-electron chi connectivity index (χ0n) is 15.6. The van der Waals surface area contributed by atoms with Gasteiger partial charge in [-0.3, -0.25) is 4.57 Å². The lowest BCUT2D eigenvalue weighted by molar-refractivity contribution is 0.620. The van der Waals surface area contributed by atoms with E-state index in [-0.39, 0.29) is 0 Å². The lowest BCUT2D eigenvalue weighted by Gasteiger charge is -2.12. The van der Waals surface area contributed by atoms with Crippen LogP contribution in [0.4, 0.5) is 0 Å². The van der Waals surface area contributed by atoms with Gasteiger partial charge in [-0.2, -0.15) is 0 Å². The number of para-hydroxylation sites is 2. The number of rotatable bonds is 3. The molecular weight excluding hydrogens is 348 g/mol. The van der Waals surface area contributed by atoms with Crippen molar-refractivity contribution in [2.75, 3.05) is 0 Å². The molecule has 5 rings (SSSR count). The predicted molar refractivity (Wildman–Crippen MR) is 109 cm³/mol. The van der Waals surface area contributed by atoms with Crippen LogP contribution >= 0.6 is 0 Å². The van der Waals surface area contributed by atoms with Crippen molar-refractivity contribution in [2.24, 2.45) is 0 Å². The Morgan fingerprint density at radius 1 is 0.821 bits per heavy atom. The highest BCUT2D eigenvalue weighted by Gasteiger charge is 2.18. The highest BCUT2D eigenvalue weighted by Crippen LogP contribution is 2.32. The van der Waals surface area contributed by atoms with Crippen molar-refractivity contribution in [3.63, 3.8) is 0 Å². The SMILES string of the molecule is Cc1cccc(C)c1-n1cnnc1-c1cccc2oc(-c3ccccc3)nc12. The van der Waals surface area contributed by atoms with E-state index in [2.05, 4.69) is 42.2 Å². The lowest BCUT2D eigenvalue weighted by atomic mass is 10.1. The minimum absolute atomic E-state index is 0.598. The number of fused-ring (bicyclic) bond motifs is 1. The smallest absolute Gasteiger partial charge is 0.227 e. The van der Waals surface area contributed by atoms with E-state index in [1.165, 1.54) is 11.1 Å². The first-order valence-electron chi connectivity index (χ1n) is 9.14. The molecule has 0 fully saturated rings. The fraction of sp³-hybridized carbons (Fsp3) is 0.0870. The van der Waals surface area contributed by atoms with Gasteiger partial charge in [0.15, 0.2) is 11.4 Å². The number of hydrogen-bond donors (Lipinski definition) is 0. The standard InChI is InChI=1S/C23H18N4O/c1-15-8-6-9-16(2)21(15)27-14-24-26-22(27)18-12-7-13-19-20(18)25-23(28-19)17-10-4-3-5-11-17/h3-14H,1-2H3. The summed E-state index contributed by atoms with van der Waals surface area (Å²) in [6.07, 6.45) is 1.75. The van der Waals surface area contributed by atoms with Crippen LogP contribution in [-0.4, -0.2) is 19.7 Å². The second-order valence-electron chi connectivity index (χ2n) is 6.80. The molecule has 0 bridgehead atoms. The molecule has 0 saturated heterocycles. The summed E-state index contributed by atoms with van der Waals surface area (Å²) in [6, 6.07) is 22.0. The highest BCUT2D eigenvalue weighted by atomic mass is 16.3. The van der Waals surface area contributed by atoms with Crippen LogP contribution in [0.15, 0.2) is 77.5 Å². The molecule has 0 spiro atoms. The molecule has 5 aromatic rings. The van der Waals surface area contributed by atoms with Crippen LogP contribution in [0.3, 0.4) is 0 Å². The molecule has 0 atom stereocenters. The van der Waals surface area contributed by atoms with Crippen molar-refractivity contribution >= 4 is 11.1 Å². The molecule has 0 aliphatic rings. The van der Waals surface area contributed by atoms with E-state index in [1.54, 1.807) is 6.33 Å². The number of hydrogen-bond acceptors (Lipinski definition) is 4. The number of oxazole rings is 1. The average Bonchev–Trinajstić information content (AvgIpc) is 3.35. The summed E-state index contributed by atoms with van der Waals surface area (Å²) in [5.74, 6) is 1.34. The fourth-order valence-corrected chi connectivity index (χ4v) is 3.60. The molecule has 0 N–H and O–H groups in total. The summed E-state index contributed by atoms with van der Waals surface area (Å²) in [7, 11) is 0. The van der Waals surface area contributed by atoms with Gasteiger partial charge in [-0.25, -0.2) is 4.98 Å². The van der Waals surface area contributed by atoms with Crippen molar-refractivity contribution in [2.45, 2.75) is 13.8 Å². The van der Waals surface area contributed by atoms with E-state index in [0.29, 0.717) is 5.89 Å². The van der Waals surface area contributed by atoms with Gasteiger partial charge >= 0.3 is 0 Å². The molecule has 0 unspecified atom stereocenters. The molecule has 0 saturated carbocycles. The van der Waals surface area contributed by atoms with Crippen LogP contribution in [-0.2, 0) is 0 Å². The van der Waals surface area contributed by atoms with Crippen LogP contribution in [0, 0.1) is 13.8 Å². The Morgan fingerprint density at radius 3 is 2.36 bits per heavy atom. The van der Waals surface area contributed by atoms with Gasteiger partial charge in [-0.15, -0.1) is 10.2 Å². The lowest BCUT2D eigenvalue weighted by Crippen LogP contribution is -2.01. The predicted octanol–water partition coefficient (Wildman–Crippen LogP) is 5.36. The molecule has 136 valence electrons. The van der Waals surface area contributed by atoms with Gasteiger partial charge < -0.3 is 4.42 Å². The van der Waals surface area contributed by atoms with E-state index in [1.807, 2.05) is 53.1 Å². The van der Waals surface area contributed by atoms with Crippen molar-refractivity contribution in [1.82, 2.24) is 19.7 Å². The zero-order valence-corrected chi connectivity index (χ0v) is 15.6. The minimum Gasteiger partial charge on any atom is -0.436 e. The molecular formula is C23H18N4O. The molecule has 0 amide bonds. The van der Waals surface area contributed by atoms with Crippen LogP contribution < -0.4 is 0 Å². The monoisotopic (exact) mass is 366 g/mol. The quantitative estimate of drug-likeness (QED) is 0.431. The van der Waals surface area contributed by atoms with E-state index in [9.17, 15) is 0 Å². The van der Waals surface area contributed by atoms with Gasteiger partial charge in [0.25, 0.3) is 0 Å². The number of nitrogens with zero attached hydrogens (tertiary/aromatic N) is 4. The van der Waals surface area contributed by atoms with Gasteiger partial charge in [-0.1, -0.05) is 42.5 Å². The Balaban J connectivity index is 1.72. The summed E-state index contributed by atoms with van der Waals surface area (Å²) in [5, 5.41) is 8.59. The molecule has 28 heavy (non-hydrogen) atoms. The van der Waals surface area contributed by atoms with Gasteiger partial charge in [0.1, 0.15) is 11.8 Å². The van der Waals surface area contributed by atoms with Crippen molar-refractivity contribution in [3.05, 3.63) is 84.2 Å². The van der Waals surface area contributed by atoms with Crippen LogP contribution in [0.1, 0.15) is 11.1 Å². The molecule has 2 aromatic heterocycles. The maximum atomic E-state index is 6.02. The second kappa shape index (κ2) is 6.46. The van der Waals surface area contributed by atoms with Gasteiger partial charge in [0, 0.05) is 11.1 Å². The topological polar surface area (TPSA) is 56.7 Å². The highest BCUT2D eigenvalue weighted by molar-refractivity contribution is 5.90. The summed E-state index contributed by atoms with van der Waals surface area (Å²) in [4.78, 5) is 4.77. The first kappa shape index (κ1) is 16.4. The summed E-state index contributed by atoms with van der Waals surface area (Å²) in [6.45, 7) is 4.19. The molecule has 0 radical (unpaired) electrons. The third kappa shape index (κ3) is 2.60. The minimum atomic E-state index is 0.598. The Morgan fingerprint density at radius 2 is 1.57 bits per heavy atom. The first-order chi connectivity index (χ1) is 13.7. The molecule has 3 aromatic carbocycles. The fourth-order valence-electron chi connectivity index (χ4n) is 3.60. The molecule has 0 aliphatic carbocycles. The second-order valence-corrected chi connectivity index (χ2v) is 6.80. The van der Waals surface area contributed by atoms with Crippen LogP contribution in [0.2, 0.25) is 0 Å². The number of aromatic nitrogens is 4. The van der Waals surface area contributed by atoms with Crippen LogP contribution in [0.5, 0.6) is 0 Å².